The number of nitrogens with one attached hydrogen (secondary N) is 2. The van der Waals surface area contributed by atoms with E-state index in [1.165, 1.54) is 12.4 Å². The van der Waals surface area contributed by atoms with Crippen LogP contribution in [0.2, 0.25) is 5.02 Å². The van der Waals surface area contributed by atoms with Gasteiger partial charge >= 0.3 is 0 Å². The van der Waals surface area contributed by atoms with Gasteiger partial charge in [-0.3, -0.25) is 14.8 Å². The first-order valence-corrected chi connectivity index (χ1v) is 10.6. The molecule has 0 fully saturated rings. The molecule has 2 aromatic heterocycles. The molecule has 3 rings (SSSR count). The number of hydrogen-bond acceptors (Lipinski definition) is 6. The predicted molar refractivity (Wildman–Crippen MR) is 108 cm³/mol. The first kappa shape index (κ1) is 21.8. The van der Waals surface area contributed by atoms with Crippen molar-refractivity contribution in [2.24, 2.45) is 0 Å². The van der Waals surface area contributed by atoms with E-state index in [4.69, 9.17) is 11.6 Å². The predicted octanol–water partition coefficient (Wildman–Crippen LogP) is 2.38. The molecule has 0 bridgehead atoms. The van der Waals surface area contributed by atoms with Crippen molar-refractivity contribution in [2.75, 3.05) is 0 Å². The Balaban J connectivity index is 1.59. The fourth-order valence-electron chi connectivity index (χ4n) is 2.41. The summed E-state index contributed by atoms with van der Waals surface area (Å²) in [4.78, 5) is 24.1. The van der Waals surface area contributed by atoms with Crippen LogP contribution in [-0.4, -0.2) is 29.3 Å². The first-order valence-electron chi connectivity index (χ1n) is 8.69. The summed E-state index contributed by atoms with van der Waals surface area (Å²) in [6.07, 6.45) is 5.89. The van der Waals surface area contributed by atoms with Crippen LogP contribution in [0.25, 0.3) is 0 Å². The monoisotopic (exact) mass is 449 g/mol. The van der Waals surface area contributed by atoms with Gasteiger partial charge in [0.05, 0.1) is 34.6 Å². The molecule has 0 radical (unpaired) electrons. The van der Waals surface area contributed by atoms with E-state index in [9.17, 15) is 17.6 Å². The molecule has 2 heterocycles. The highest BCUT2D eigenvalue weighted by atomic mass is 35.5. The smallest absolute Gasteiger partial charge is 0.271 e. The van der Waals surface area contributed by atoms with Gasteiger partial charge in [-0.15, -0.1) is 0 Å². The Morgan fingerprint density at radius 1 is 1.13 bits per heavy atom. The maximum absolute atomic E-state index is 13.2. The number of amides is 1. The standard InChI is InChI=1S/C19H17ClFN5O3S/c1-12-4-5-22-7-13(12)8-25-19(27)18-11-23-14(9-24-18)10-26-30(28,29)15-2-3-17(21)16(20)6-15/h2-7,9,11,26H,8,10H2,1H3,(H,25,27). The quantitative estimate of drug-likeness (QED) is 0.572. The summed E-state index contributed by atoms with van der Waals surface area (Å²) in [6, 6.07) is 4.93. The molecule has 0 unspecified atom stereocenters. The van der Waals surface area contributed by atoms with Crippen LogP contribution in [0.15, 0.2) is 53.9 Å². The largest absolute Gasteiger partial charge is 0.347 e. The van der Waals surface area contributed by atoms with Gasteiger partial charge in [-0.1, -0.05) is 11.6 Å². The molecule has 11 heteroatoms. The summed E-state index contributed by atoms with van der Waals surface area (Å²) < 4.78 is 40.1. The molecule has 0 aliphatic carbocycles. The Hall–Kier alpha value is -2.95. The molecule has 8 nitrogen and oxygen atoms in total. The number of rotatable bonds is 7. The zero-order chi connectivity index (χ0) is 21.7. The lowest BCUT2D eigenvalue weighted by molar-refractivity contribution is 0.0945. The van der Waals surface area contributed by atoms with Crippen LogP contribution in [0.3, 0.4) is 0 Å². The second-order valence-corrected chi connectivity index (χ2v) is 8.45. The van der Waals surface area contributed by atoms with Crippen molar-refractivity contribution in [3.8, 4) is 0 Å². The van der Waals surface area contributed by atoms with E-state index in [-0.39, 0.29) is 22.2 Å². The average molecular weight is 450 g/mol. The lowest BCUT2D eigenvalue weighted by Gasteiger charge is -2.08. The highest BCUT2D eigenvalue weighted by molar-refractivity contribution is 7.89. The third-order valence-corrected chi connectivity index (χ3v) is 5.86. The van der Waals surface area contributed by atoms with Crippen molar-refractivity contribution >= 4 is 27.5 Å². The molecule has 0 saturated heterocycles. The number of nitrogens with zero attached hydrogens (tertiary/aromatic N) is 3. The number of carbonyl (C=O) groups excluding carboxylic acids is 1. The zero-order valence-corrected chi connectivity index (χ0v) is 17.3. The molecule has 1 aromatic carbocycles. The molecular weight excluding hydrogens is 433 g/mol. The van der Waals surface area contributed by atoms with E-state index in [0.29, 0.717) is 12.2 Å². The van der Waals surface area contributed by atoms with E-state index in [0.717, 1.165) is 29.3 Å². The Labute approximate surface area is 177 Å². The Kier molecular flexibility index (Phi) is 6.70. The fraction of sp³-hybridized carbons (Fsp3) is 0.158. The summed E-state index contributed by atoms with van der Waals surface area (Å²) in [5, 5.41) is 2.43. The second-order valence-electron chi connectivity index (χ2n) is 6.28. The first-order chi connectivity index (χ1) is 14.3. The SMILES string of the molecule is Cc1ccncc1CNC(=O)c1cnc(CNS(=O)(=O)c2ccc(F)c(Cl)c2)cn1. The minimum atomic E-state index is -3.92. The lowest BCUT2D eigenvalue weighted by atomic mass is 10.1. The van der Waals surface area contributed by atoms with Crippen molar-refractivity contribution in [3.05, 3.63) is 82.4 Å². The number of halogens is 2. The van der Waals surface area contributed by atoms with Gasteiger partial charge in [-0.25, -0.2) is 22.5 Å². The van der Waals surface area contributed by atoms with Crippen molar-refractivity contribution in [1.29, 1.82) is 0 Å². The van der Waals surface area contributed by atoms with Crippen molar-refractivity contribution in [3.63, 3.8) is 0 Å². The minimum absolute atomic E-state index is 0.0912. The summed E-state index contributed by atoms with van der Waals surface area (Å²) in [6.45, 7) is 2.04. The minimum Gasteiger partial charge on any atom is -0.347 e. The molecule has 0 spiro atoms. The molecule has 0 saturated carbocycles. The van der Waals surface area contributed by atoms with Gasteiger partial charge in [-0.2, -0.15) is 0 Å². The van der Waals surface area contributed by atoms with E-state index in [1.54, 1.807) is 12.4 Å². The number of pyridine rings is 1. The zero-order valence-electron chi connectivity index (χ0n) is 15.8. The molecule has 0 aliphatic heterocycles. The molecular formula is C19H17ClFN5O3S. The van der Waals surface area contributed by atoms with Gasteiger partial charge in [0.2, 0.25) is 10.0 Å². The number of carbonyl (C=O) groups is 1. The van der Waals surface area contributed by atoms with E-state index in [2.05, 4.69) is 25.0 Å². The number of sulfonamides is 1. The molecule has 0 atom stereocenters. The van der Waals surface area contributed by atoms with Crippen molar-refractivity contribution < 1.29 is 17.6 Å². The molecule has 156 valence electrons. The van der Waals surface area contributed by atoms with E-state index >= 15 is 0 Å². The second kappa shape index (κ2) is 9.24. The summed E-state index contributed by atoms with van der Waals surface area (Å²) in [5.41, 5.74) is 2.27. The van der Waals surface area contributed by atoms with Gasteiger partial charge in [0.25, 0.3) is 5.91 Å². The number of aromatic nitrogens is 3. The molecule has 3 aromatic rings. The maximum atomic E-state index is 13.2. The molecule has 2 N–H and O–H groups in total. The van der Waals surface area contributed by atoms with Crippen LogP contribution >= 0.6 is 11.6 Å². The Morgan fingerprint density at radius 3 is 2.60 bits per heavy atom. The number of hydrogen-bond donors (Lipinski definition) is 2. The van der Waals surface area contributed by atoms with Gasteiger partial charge in [-0.05, 0) is 42.3 Å². The lowest BCUT2D eigenvalue weighted by Crippen LogP contribution is -2.26. The molecule has 1 amide bonds. The maximum Gasteiger partial charge on any atom is 0.271 e. The Bertz CT molecular complexity index is 1170. The fourth-order valence-corrected chi connectivity index (χ4v) is 3.68. The van der Waals surface area contributed by atoms with Crippen LogP contribution in [0.4, 0.5) is 4.39 Å². The topological polar surface area (TPSA) is 114 Å². The Morgan fingerprint density at radius 2 is 1.93 bits per heavy atom. The highest BCUT2D eigenvalue weighted by Gasteiger charge is 2.16. The van der Waals surface area contributed by atoms with Gasteiger partial charge in [0.15, 0.2) is 0 Å². The van der Waals surface area contributed by atoms with Crippen LogP contribution in [-0.2, 0) is 23.1 Å². The number of aryl methyl sites for hydroxylation is 1. The number of benzene rings is 1. The van der Waals surface area contributed by atoms with Crippen LogP contribution < -0.4 is 10.0 Å². The van der Waals surface area contributed by atoms with Gasteiger partial charge in [0.1, 0.15) is 11.5 Å². The summed E-state index contributed by atoms with van der Waals surface area (Å²) in [5.74, 6) is -1.13. The third-order valence-electron chi connectivity index (χ3n) is 4.17. The normalized spacial score (nSPS) is 11.3. The average Bonchev–Trinajstić information content (AvgIpc) is 2.74. The molecule has 0 aliphatic rings. The molecule has 30 heavy (non-hydrogen) atoms. The third kappa shape index (κ3) is 5.35. The highest BCUT2D eigenvalue weighted by Crippen LogP contribution is 2.19. The van der Waals surface area contributed by atoms with Crippen molar-refractivity contribution in [1.82, 2.24) is 25.0 Å². The van der Waals surface area contributed by atoms with Gasteiger partial charge < -0.3 is 5.32 Å². The van der Waals surface area contributed by atoms with E-state index < -0.39 is 21.7 Å². The summed E-state index contributed by atoms with van der Waals surface area (Å²) in [7, 11) is -3.92. The van der Waals surface area contributed by atoms with Crippen LogP contribution in [0.1, 0.15) is 27.3 Å². The van der Waals surface area contributed by atoms with Crippen molar-refractivity contribution in [2.45, 2.75) is 24.9 Å². The van der Waals surface area contributed by atoms with Crippen LogP contribution in [0.5, 0.6) is 0 Å². The summed E-state index contributed by atoms with van der Waals surface area (Å²) >= 11 is 5.63. The van der Waals surface area contributed by atoms with Gasteiger partial charge in [0, 0.05) is 18.9 Å². The van der Waals surface area contributed by atoms with E-state index in [1.807, 2.05) is 13.0 Å². The van der Waals surface area contributed by atoms with Crippen LogP contribution in [0, 0.1) is 12.7 Å².